The summed E-state index contributed by atoms with van der Waals surface area (Å²) in [5.41, 5.74) is 2.88. The number of aryl methyl sites for hydroxylation is 1. The van der Waals surface area contributed by atoms with Gasteiger partial charge in [-0.05, 0) is 56.2 Å². The zero-order chi connectivity index (χ0) is 19.0. The fraction of sp³-hybridized carbons (Fsp3) is 0.318. The molecule has 5 nitrogen and oxygen atoms in total. The largest absolute Gasteiger partial charge is 0.322 e. The summed E-state index contributed by atoms with van der Waals surface area (Å²) in [4.78, 5) is 39.0. The van der Waals surface area contributed by atoms with Gasteiger partial charge >= 0.3 is 0 Å². The average Bonchev–Trinajstić information content (AvgIpc) is 2.95. The lowest BCUT2D eigenvalue weighted by Gasteiger charge is -2.19. The molecule has 2 aromatic carbocycles. The maximum absolute atomic E-state index is 12.7. The molecule has 0 bridgehead atoms. The van der Waals surface area contributed by atoms with Crippen LogP contribution in [0.15, 0.2) is 48.5 Å². The Labute approximate surface area is 158 Å². The first-order valence-corrected chi connectivity index (χ1v) is 9.40. The van der Waals surface area contributed by atoms with Crippen molar-refractivity contribution in [2.24, 2.45) is 11.8 Å². The summed E-state index contributed by atoms with van der Waals surface area (Å²) in [6.07, 6.45) is 3.60. The highest BCUT2D eigenvalue weighted by Crippen LogP contribution is 2.40. The molecule has 2 aliphatic rings. The SMILES string of the molecule is Cc1ccc(NC(=O)c2ccc(N3C(=O)[C@@H]4CCCC[C@H]4C3=O)cc2)cc1. The maximum Gasteiger partial charge on any atom is 0.255 e. The molecule has 2 atom stereocenters. The highest BCUT2D eigenvalue weighted by Gasteiger charge is 2.48. The van der Waals surface area contributed by atoms with Crippen molar-refractivity contribution in [3.05, 3.63) is 59.7 Å². The number of rotatable bonds is 3. The van der Waals surface area contributed by atoms with Gasteiger partial charge in [0.15, 0.2) is 0 Å². The molecule has 0 radical (unpaired) electrons. The maximum atomic E-state index is 12.7. The number of nitrogens with zero attached hydrogens (tertiary/aromatic N) is 1. The van der Waals surface area contributed by atoms with Crippen molar-refractivity contribution < 1.29 is 14.4 Å². The van der Waals surface area contributed by atoms with Gasteiger partial charge in [-0.1, -0.05) is 30.5 Å². The predicted molar refractivity (Wildman–Crippen MR) is 104 cm³/mol. The van der Waals surface area contributed by atoms with E-state index in [9.17, 15) is 14.4 Å². The molecular formula is C22H22N2O3. The molecule has 0 spiro atoms. The molecular weight excluding hydrogens is 340 g/mol. The first-order chi connectivity index (χ1) is 13.0. The van der Waals surface area contributed by atoms with E-state index in [1.54, 1.807) is 24.3 Å². The van der Waals surface area contributed by atoms with Gasteiger partial charge in [-0.3, -0.25) is 19.3 Å². The highest BCUT2D eigenvalue weighted by atomic mass is 16.2. The molecule has 1 saturated carbocycles. The second-order valence-corrected chi connectivity index (χ2v) is 7.38. The molecule has 0 aromatic heterocycles. The zero-order valence-corrected chi connectivity index (χ0v) is 15.3. The number of benzene rings is 2. The summed E-state index contributed by atoms with van der Waals surface area (Å²) in [5.74, 6) is -0.757. The number of carbonyl (C=O) groups is 3. The van der Waals surface area contributed by atoms with Crippen molar-refractivity contribution in [2.75, 3.05) is 10.2 Å². The zero-order valence-electron chi connectivity index (χ0n) is 15.3. The van der Waals surface area contributed by atoms with Gasteiger partial charge in [0.1, 0.15) is 0 Å². The second kappa shape index (κ2) is 6.99. The van der Waals surface area contributed by atoms with Crippen LogP contribution in [0.5, 0.6) is 0 Å². The van der Waals surface area contributed by atoms with E-state index in [-0.39, 0.29) is 29.6 Å². The summed E-state index contributed by atoms with van der Waals surface area (Å²) >= 11 is 0. The first-order valence-electron chi connectivity index (χ1n) is 9.40. The van der Waals surface area contributed by atoms with Crippen molar-refractivity contribution in [1.29, 1.82) is 0 Å². The van der Waals surface area contributed by atoms with Crippen molar-refractivity contribution >= 4 is 29.1 Å². The van der Waals surface area contributed by atoms with E-state index in [4.69, 9.17) is 0 Å². The Balaban J connectivity index is 1.50. The summed E-state index contributed by atoms with van der Waals surface area (Å²) in [6.45, 7) is 1.99. The van der Waals surface area contributed by atoms with Crippen LogP contribution in [0.1, 0.15) is 41.6 Å². The molecule has 2 aromatic rings. The van der Waals surface area contributed by atoms with E-state index in [1.165, 1.54) is 4.90 Å². The molecule has 1 aliphatic heterocycles. The van der Waals surface area contributed by atoms with Gasteiger partial charge in [0, 0.05) is 11.3 Å². The number of anilines is 2. The molecule has 5 heteroatoms. The quantitative estimate of drug-likeness (QED) is 0.842. The predicted octanol–water partition coefficient (Wildman–Crippen LogP) is 3.93. The number of nitrogens with one attached hydrogen (secondary N) is 1. The van der Waals surface area contributed by atoms with Gasteiger partial charge in [-0.2, -0.15) is 0 Å². The number of amides is 3. The fourth-order valence-electron chi connectivity index (χ4n) is 4.02. The lowest BCUT2D eigenvalue weighted by Crippen LogP contribution is -2.30. The van der Waals surface area contributed by atoms with E-state index in [2.05, 4.69) is 5.32 Å². The molecule has 1 N–H and O–H groups in total. The minimum absolute atomic E-state index is 0.0958. The Hall–Kier alpha value is -2.95. The minimum atomic E-state index is -0.224. The van der Waals surface area contributed by atoms with Crippen LogP contribution in [-0.4, -0.2) is 17.7 Å². The molecule has 0 unspecified atom stereocenters. The van der Waals surface area contributed by atoms with Crippen molar-refractivity contribution in [1.82, 2.24) is 0 Å². The van der Waals surface area contributed by atoms with Gasteiger partial charge in [-0.15, -0.1) is 0 Å². The molecule has 1 aliphatic carbocycles. The average molecular weight is 362 g/mol. The topological polar surface area (TPSA) is 66.5 Å². The number of hydrogen-bond acceptors (Lipinski definition) is 3. The summed E-state index contributed by atoms with van der Waals surface area (Å²) in [6, 6.07) is 14.2. The van der Waals surface area contributed by atoms with Crippen LogP contribution < -0.4 is 10.2 Å². The molecule has 1 heterocycles. The lowest BCUT2D eigenvalue weighted by molar-refractivity contribution is -0.122. The van der Waals surface area contributed by atoms with Crippen molar-refractivity contribution in [2.45, 2.75) is 32.6 Å². The van der Waals surface area contributed by atoms with Crippen LogP contribution in [0.4, 0.5) is 11.4 Å². The smallest absolute Gasteiger partial charge is 0.255 e. The van der Waals surface area contributed by atoms with E-state index in [0.29, 0.717) is 11.3 Å². The lowest BCUT2D eigenvalue weighted by atomic mass is 9.81. The summed E-state index contributed by atoms with van der Waals surface area (Å²) in [7, 11) is 0. The fourth-order valence-corrected chi connectivity index (χ4v) is 4.02. The van der Waals surface area contributed by atoms with E-state index >= 15 is 0 Å². The third kappa shape index (κ3) is 3.25. The standard InChI is InChI=1S/C22H22N2O3/c1-14-6-10-16(11-7-14)23-20(25)15-8-12-17(13-9-15)24-21(26)18-4-2-3-5-19(18)22(24)27/h6-13,18-19H,2-5H2,1H3,(H,23,25)/t18-,19-/m1/s1. The van der Waals surface area contributed by atoms with Crippen molar-refractivity contribution in [3.63, 3.8) is 0 Å². The number of hydrogen-bond donors (Lipinski definition) is 1. The van der Waals surface area contributed by atoms with Gasteiger partial charge < -0.3 is 5.32 Å². The van der Waals surface area contributed by atoms with Crippen LogP contribution in [0, 0.1) is 18.8 Å². The van der Waals surface area contributed by atoms with Crippen LogP contribution in [0.3, 0.4) is 0 Å². The molecule has 3 amide bonds. The Morgan fingerprint density at radius 3 is 2.00 bits per heavy atom. The van der Waals surface area contributed by atoms with Gasteiger partial charge in [0.2, 0.25) is 11.8 Å². The summed E-state index contributed by atoms with van der Waals surface area (Å²) < 4.78 is 0. The molecule has 4 rings (SSSR count). The monoisotopic (exact) mass is 362 g/mol. The summed E-state index contributed by atoms with van der Waals surface area (Å²) in [5, 5.41) is 2.85. The van der Waals surface area contributed by atoms with Crippen LogP contribution >= 0.6 is 0 Å². The molecule has 138 valence electrons. The van der Waals surface area contributed by atoms with Gasteiger partial charge in [-0.25, -0.2) is 0 Å². The Bertz CT molecular complexity index is 863. The van der Waals surface area contributed by atoms with E-state index < -0.39 is 0 Å². The normalized spacial score (nSPS) is 21.9. The van der Waals surface area contributed by atoms with Gasteiger partial charge in [0.05, 0.1) is 17.5 Å². The highest BCUT2D eigenvalue weighted by molar-refractivity contribution is 6.22. The van der Waals surface area contributed by atoms with Crippen molar-refractivity contribution in [3.8, 4) is 0 Å². The Morgan fingerprint density at radius 2 is 1.44 bits per heavy atom. The van der Waals surface area contributed by atoms with Crippen LogP contribution in [-0.2, 0) is 9.59 Å². The minimum Gasteiger partial charge on any atom is -0.322 e. The second-order valence-electron chi connectivity index (χ2n) is 7.38. The number of imide groups is 1. The third-order valence-corrected chi connectivity index (χ3v) is 5.54. The number of fused-ring (bicyclic) bond motifs is 1. The Morgan fingerprint density at radius 1 is 0.889 bits per heavy atom. The Kier molecular flexibility index (Phi) is 4.52. The molecule has 2 fully saturated rings. The van der Waals surface area contributed by atoms with Crippen LogP contribution in [0.2, 0.25) is 0 Å². The number of carbonyl (C=O) groups excluding carboxylic acids is 3. The molecule has 27 heavy (non-hydrogen) atoms. The first kappa shape index (κ1) is 17.5. The molecule has 1 saturated heterocycles. The van der Waals surface area contributed by atoms with Gasteiger partial charge in [0.25, 0.3) is 5.91 Å². The van der Waals surface area contributed by atoms with Crippen LogP contribution in [0.25, 0.3) is 0 Å². The van der Waals surface area contributed by atoms with E-state index in [1.807, 2.05) is 31.2 Å². The van der Waals surface area contributed by atoms with E-state index in [0.717, 1.165) is 36.9 Å². The third-order valence-electron chi connectivity index (χ3n) is 5.54.